The summed E-state index contributed by atoms with van der Waals surface area (Å²) in [4.78, 5) is 4.22. The van der Waals surface area contributed by atoms with Crippen molar-refractivity contribution in [2.75, 3.05) is 7.11 Å². The molecule has 0 radical (unpaired) electrons. The summed E-state index contributed by atoms with van der Waals surface area (Å²) in [5.74, 6) is 2.46. The van der Waals surface area contributed by atoms with Crippen LogP contribution in [0.3, 0.4) is 0 Å². The number of rotatable bonds is 7. The maximum Gasteiger partial charge on any atom is 0.164 e. The molecule has 21 heavy (non-hydrogen) atoms. The molecule has 0 unspecified atom stereocenters. The van der Waals surface area contributed by atoms with Crippen LogP contribution in [0, 0.1) is 5.92 Å². The summed E-state index contributed by atoms with van der Waals surface area (Å²) in [5.41, 5.74) is 0.773. The molecule has 0 saturated carbocycles. The Morgan fingerprint density at radius 2 is 2.10 bits per heavy atom. The standard InChI is InChI=1S/C15H21N3O3/c1-11(2)7-18-15(16-10-17-18)9-21-14-6-12(8-19)4-5-13(14)20-3/h4-6,10-11,19H,7-9H2,1-3H3. The number of benzene rings is 1. The second kappa shape index (κ2) is 7.08. The van der Waals surface area contributed by atoms with Gasteiger partial charge in [-0.2, -0.15) is 5.10 Å². The van der Waals surface area contributed by atoms with Crippen LogP contribution >= 0.6 is 0 Å². The minimum atomic E-state index is -0.0378. The quantitative estimate of drug-likeness (QED) is 0.845. The van der Waals surface area contributed by atoms with E-state index < -0.39 is 0 Å². The summed E-state index contributed by atoms with van der Waals surface area (Å²) in [7, 11) is 1.59. The van der Waals surface area contributed by atoms with E-state index in [9.17, 15) is 5.11 Å². The lowest BCUT2D eigenvalue weighted by Crippen LogP contribution is -2.12. The molecule has 0 atom stereocenters. The molecule has 0 aliphatic carbocycles. The number of methoxy groups -OCH3 is 1. The number of ether oxygens (including phenoxy) is 2. The highest BCUT2D eigenvalue weighted by molar-refractivity contribution is 5.42. The second-order valence-corrected chi connectivity index (χ2v) is 5.18. The molecule has 114 valence electrons. The maximum absolute atomic E-state index is 9.20. The van der Waals surface area contributed by atoms with Crippen LogP contribution in [0.15, 0.2) is 24.5 Å². The van der Waals surface area contributed by atoms with Crippen molar-refractivity contribution in [1.82, 2.24) is 14.8 Å². The van der Waals surface area contributed by atoms with Gasteiger partial charge < -0.3 is 14.6 Å². The Hall–Kier alpha value is -2.08. The highest BCUT2D eigenvalue weighted by Gasteiger charge is 2.10. The van der Waals surface area contributed by atoms with Crippen LogP contribution in [0.25, 0.3) is 0 Å². The monoisotopic (exact) mass is 291 g/mol. The van der Waals surface area contributed by atoms with Crippen molar-refractivity contribution >= 4 is 0 Å². The van der Waals surface area contributed by atoms with Crippen molar-refractivity contribution < 1.29 is 14.6 Å². The SMILES string of the molecule is COc1ccc(CO)cc1OCc1ncnn1CC(C)C. The van der Waals surface area contributed by atoms with Gasteiger partial charge in [-0.05, 0) is 23.6 Å². The molecule has 0 amide bonds. The summed E-state index contributed by atoms with van der Waals surface area (Å²) in [6.45, 7) is 5.31. The summed E-state index contributed by atoms with van der Waals surface area (Å²) in [5, 5.41) is 13.4. The average molecular weight is 291 g/mol. The van der Waals surface area contributed by atoms with E-state index in [0.29, 0.717) is 24.0 Å². The summed E-state index contributed by atoms with van der Waals surface area (Å²) in [6, 6.07) is 5.34. The molecule has 0 saturated heterocycles. The Balaban J connectivity index is 2.11. The van der Waals surface area contributed by atoms with Crippen LogP contribution in [0.2, 0.25) is 0 Å². The van der Waals surface area contributed by atoms with Gasteiger partial charge in [-0.1, -0.05) is 19.9 Å². The van der Waals surface area contributed by atoms with Gasteiger partial charge in [-0.3, -0.25) is 0 Å². The lowest BCUT2D eigenvalue weighted by atomic mass is 10.2. The van der Waals surface area contributed by atoms with Gasteiger partial charge in [0.05, 0.1) is 13.7 Å². The third kappa shape index (κ3) is 3.95. The van der Waals surface area contributed by atoms with Gasteiger partial charge in [0.15, 0.2) is 17.3 Å². The Labute approximate surface area is 124 Å². The average Bonchev–Trinajstić information content (AvgIpc) is 2.91. The molecule has 2 rings (SSSR count). The number of aliphatic hydroxyl groups excluding tert-OH is 1. The van der Waals surface area contributed by atoms with Gasteiger partial charge in [0, 0.05) is 6.54 Å². The van der Waals surface area contributed by atoms with Crippen molar-refractivity contribution in [2.45, 2.75) is 33.6 Å². The van der Waals surface area contributed by atoms with Crippen LogP contribution in [0.5, 0.6) is 11.5 Å². The molecule has 6 nitrogen and oxygen atoms in total. The molecule has 0 aliphatic rings. The molecule has 0 bridgehead atoms. The first-order chi connectivity index (χ1) is 10.1. The highest BCUT2D eigenvalue weighted by Crippen LogP contribution is 2.28. The first-order valence-electron chi connectivity index (χ1n) is 6.91. The Morgan fingerprint density at radius 1 is 1.29 bits per heavy atom. The maximum atomic E-state index is 9.20. The molecular formula is C15H21N3O3. The smallest absolute Gasteiger partial charge is 0.164 e. The Kier molecular flexibility index (Phi) is 5.16. The third-order valence-corrected chi connectivity index (χ3v) is 3.00. The molecular weight excluding hydrogens is 270 g/mol. The molecule has 1 aromatic carbocycles. The van der Waals surface area contributed by atoms with Crippen molar-refractivity contribution in [2.24, 2.45) is 5.92 Å². The van der Waals surface area contributed by atoms with Crippen LogP contribution in [-0.4, -0.2) is 27.0 Å². The van der Waals surface area contributed by atoms with E-state index in [1.54, 1.807) is 25.3 Å². The molecule has 1 heterocycles. The van der Waals surface area contributed by atoms with Crippen molar-refractivity contribution in [1.29, 1.82) is 0 Å². The van der Waals surface area contributed by atoms with E-state index in [1.807, 2.05) is 4.68 Å². The van der Waals surface area contributed by atoms with Gasteiger partial charge >= 0.3 is 0 Å². The number of aliphatic hydroxyl groups is 1. The van der Waals surface area contributed by atoms with E-state index in [4.69, 9.17) is 9.47 Å². The largest absolute Gasteiger partial charge is 0.493 e. The van der Waals surface area contributed by atoms with Crippen LogP contribution < -0.4 is 9.47 Å². The molecule has 2 aromatic rings. The lowest BCUT2D eigenvalue weighted by Gasteiger charge is -2.13. The summed E-state index contributed by atoms with van der Waals surface area (Å²) >= 11 is 0. The molecule has 6 heteroatoms. The lowest BCUT2D eigenvalue weighted by molar-refractivity contribution is 0.261. The van der Waals surface area contributed by atoms with Gasteiger partial charge in [0.1, 0.15) is 12.9 Å². The van der Waals surface area contributed by atoms with Crippen LogP contribution in [0.4, 0.5) is 0 Å². The zero-order valence-electron chi connectivity index (χ0n) is 12.6. The first kappa shape index (κ1) is 15.3. The third-order valence-electron chi connectivity index (χ3n) is 3.00. The zero-order chi connectivity index (χ0) is 15.2. The molecule has 1 N–H and O–H groups in total. The summed E-state index contributed by atoms with van der Waals surface area (Å²) < 4.78 is 12.9. The van der Waals surface area contributed by atoms with E-state index in [1.165, 1.54) is 6.33 Å². The summed E-state index contributed by atoms with van der Waals surface area (Å²) in [6.07, 6.45) is 1.53. The minimum absolute atomic E-state index is 0.0378. The number of aromatic nitrogens is 3. The minimum Gasteiger partial charge on any atom is -0.493 e. The van der Waals surface area contributed by atoms with E-state index in [0.717, 1.165) is 17.9 Å². The number of nitrogens with zero attached hydrogens (tertiary/aromatic N) is 3. The second-order valence-electron chi connectivity index (χ2n) is 5.18. The highest BCUT2D eigenvalue weighted by atomic mass is 16.5. The van der Waals surface area contributed by atoms with Crippen LogP contribution in [-0.2, 0) is 19.8 Å². The Morgan fingerprint density at radius 3 is 2.76 bits per heavy atom. The zero-order valence-corrected chi connectivity index (χ0v) is 12.6. The fourth-order valence-electron chi connectivity index (χ4n) is 1.97. The fourth-order valence-corrected chi connectivity index (χ4v) is 1.97. The van der Waals surface area contributed by atoms with Gasteiger partial charge in [-0.15, -0.1) is 0 Å². The number of hydrogen-bond donors (Lipinski definition) is 1. The Bertz CT molecular complexity index is 581. The van der Waals surface area contributed by atoms with Gasteiger partial charge in [-0.25, -0.2) is 9.67 Å². The normalized spacial score (nSPS) is 10.9. The first-order valence-corrected chi connectivity index (χ1v) is 6.91. The molecule has 0 fully saturated rings. The predicted octanol–water partition coefficient (Wildman–Crippen LogP) is 2.01. The topological polar surface area (TPSA) is 69.4 Å². The van der Waals surface area contributed by atoms with Crippen LogP contribution in [0.1, 0.15) is 25.2 Å². The van der Waals surface area contributed by atoms with E-state index >= 15 is 0 Å². The van der Waals surface area contributed by atoms with E-state index in [-0.39, 0.29) is 6.61 Å². The van der Waals surface area contributed by atoms with Crippen molar-refractivity contribution in [3.05, 3.63) is 35.9 Å². The van der Waals surface area contributed by atoms with Gasteiger partial charge in [0.25, 0.3) is 0 Å². The predicted molar refractivity (Wildman–Crippen MR) is 78.1 cm³/mol. The fraction of sp³-hybridized carbons (Fsp3) is 0.467. The van der Waals surface area contributed by atoms with Gasteiger partial charge in [0.2, 0.25) is 0 Å². The van der Waals surface area contributed by atoms with Crippen molar-refractivity contribution in [3.8, 4) is 11.5 Å². The molecule has 0 spiro atoms. The van der Waals surface area contributed by atoms with E-state index in [2.05, 4.69) is 23.9 Å². The number of hydrogen-bond acceptors (Lipinski definition) is 5. The molecule has 1 aromatic heterocycles. The molecule has 0 aliphatic heterocycles. The van der Waals surface area contributed by atoms with Crippen molar-refractivity contribution in [3.63, 3.8) is 0 Å².